The van der Waals surface area contributed by atoms with Gasteiger partial charge in [-0.15, -0.1) is 0 Å². The molecule has 2 aromatic carbocycles. The molecule has 0 aliphatic carbocycles. The molecule has 0 amide bonds. The smallest absolute Gasteiger partial charge is 0.341 e. The van der Waals surface area contributed by atoms with E-state index in [1.165, 1.54) is 0 Å². The average Bonchev–Trinajstić information content (AvgIpc) is 2.89. The summed E-state index contributed by atoms with van der Waals surface area (Å²) in [6, 6.07) is 11.2. The molecule has 4 nitrogen and oxygen atoms in total. The van der Waals surface area contributed by atoms with Gasteiger partial charge < -0.3 is 14.5 Å². The molecule has 3 rings (SSSR count). The standard InChI is InChI=1S/C19H18ClNO3S/c1-4-24-19(22)14-6-5-7-16(17(14)23-3)25-18-11(2)21-15-10-12(20)8-9-13(15)18/h5-10,21H,4H2,1-3H3. The second kappa shape index (κ2) is 7.42. The van der Waals surface area contributed by atoms with Gasteiger partial charge in [-0.25, -0.2) is 4.79 Å². The Morgan fingerprint density at radius 1 is 1.28 bits per heavy atom. The average molecular weight is 376 g/mol. The predicted octanol–water partition coefficient (Wildman–Crippen LogP) is 5.47. The molecule has 0 unspecified atom stereocenters. The van der Waals surface area contributed by atoms with Crippen LogP contribution in [0.1, 0.15) is 23.0 Å². The highest BCUT2D eigenvalue weighted by molar-refractivity contribution is 7.99. The minimum atomic E-state index is -0.385. The Bertz CT molecular complexity index is 936. The fraction of sp³-hybridized carbons (Fsp3) is 0.211. The van der Waals surface area contributed by atoms with E-state index in [-0.39, 0.29) is 5.97 Å². The van der Waals surface area contributed by atoms with E-state index in [0.29, 0.717) is 22.9 Å². The third-order valence-corrected chi connectivity index (χ3v) is 5.29. The van der Waals surface area contributed by atoms with Gasteiger partial charge in [0, 0.05) is 26.5 Å². The van der Waals surface area contributed by atoms with Crippen molar-refractivity contribution in [1.82, 2.24) is 4.98 Å². The number of carbonyl (C=O) groups is 1. The van der Waals surface area contributed by atoms with Gasteiger partial charge in [0.25, 0.3) is 0 Å². The van der Waals surface area contributed by atoms with Crippen molar-refractivity contribution < 1.29 is 14.3 Å². The number of H-pyrrole nitrogens is 1. The summed E-state index contributed by atoms with van der Waals surface area (Å²) in [7, 11) is 1.56. The van der Waals surface area contributed by atoms with E-state index in [1.54, 1.807) is 31.9 Å². The molecular weight excluding hydrogens is 358 g/mol. The molecule has 0 saturated carbocycles. The maximum absolute atomic E-state index is 12.2. The number of benzene rings is 2. The van der Waals surface area contributed by atoms with Crippen LogP contribution >= 0.6 is 23.4 Å². The lowest BCUT2D eigenvalue weighted by Crippen LogP contribution is -2.07. The first kappa shape index (κ1) is 17.7. The summed E-state index contributed by atoms with van der Waals surface area (Å²) in [6.45, 7) is 4.11. The van der Waals surface area contributed by atoms with Gasteiger partial charge in [-0.1, -0.05) is 35.5 Å². The zero-order valence-corrected chi connectivity index (χ0v) is 15.8. The third kappa shape index (κ3) is 3.48. The molecule has 1 heterocycles. The number of aromatic amines is 1. The van der Waals surface area contributed by atoms with Crippen molar-refractivity contribution >= 4 is 40.2 Å². The molecule has 0 aliphatic heterocycles. The largest absolute Gasteiger partial charge is 0.495 e. The van der Waals surface area contributed by atoms with E-state index in [1.807, 2.05) is 37.3 Å². The van der Waals surface area contributed by atoms with Crippen LogP contribution in [0.2, 0.25) is 5.02 Å². The molecule has 3 aromatic rings. The molecule has 0 atom stereocenters. The molecule has 1 aromatic heterocycles. The van der Waals surface area contributed by atoms with Crippen LogP contribution in [0.4, 0.5) is 0 Å². The summed E-state index contributed by atoms with van der Waals surface area (Å²) in [5.41, 5.74) is 2.44. The number of carbonyl (C=O) groups excluding carboxylic acids is 1. The van der Waals surface area contributed by atoms with E-state index in [9.17, 15) is 4.79 Å². The number of para-hydroxylation sites is 1. The maximum atomic E-state index is 12.2. The first-order valence-electron chi connectivity index (χ1n) is 7.85. The van der Waals surface area contributed by atoms with E-state index in [4.69, 9.17) is 21.1 Å². The van der Waals surface area contributed by atoms with Gasteiger partial charge in [-0.3, -0.25) is 0 Å². The number of nitrogens with one attached hydrogen (secondary N) is 1. The number of esters is 1. The number of rotatable bonds is 5. The Labute approximate surface area is 155 Å². The highest BCUT2D eigenvalue weighted by Gasteiger charge is 2.19. The lowest BCUT2D eigenvalue weighted by molar-refractivity contribution is 0.0522. The molecular formula is C19H18ClNO3S. The fourth-order valence-electron chi connectivity index (χ4n) is 2.70. The lowest BCUT2D eigenvalue weighted by atomic mass is 10.2. The molecule has 0 aliphatic rings. The van der Waals surface area contributed by atoms with Crippen LogP contribution in [0.5, 0.6) is 5.75 Å². The number of methoxy groups -OCH3 is 1. The van der Waals surface area contributed by atoms with Crippen molar-refractivity contribution in [3.8, 4) is 5.75 Å². The SMILES string of the molecule is CCOC(=O)c1cccc(Sc2c(C)[nH]c3cc(Cl)ccc23)c1OC. The highest BCUT2D eigenvalue weighted by atomic mass is 35.5. The molecule has 0 bridgehead atoms. The first-order chi connectivity index (χ1) is 12.0. The quantitative estimate of drug-likeness (QED) is 0.601. The van der Waals surface area contributed by atoms with Crippen molar-refractivity contribution in [2.45, 2.75) is 23.6 Å². The van der Waals surface area contributed by atoms with E-state index < -0.39 is 0 Å². The number of hydrogen-bond donors (Lipinski definition) is 1. The molecule has 25 heavy (non-hydrogen) atoms. The first-order valence-corrected chi connectivity index (χ1v) is 9.04. The van der Waals surface area contributed by atoms with Crippen LogP contribution in [-0.2, 0) is 4.74 Å². The van der Waals surface area contributed by atoms with E-state index in [2.05, 4.69) is 4.98 Å². The van der Waals surface area contributed by atoms with Crippen LogP contribution in [-0.4, -0.2) is 24.7 Å². The summed E-state index contributed by atoms with van der Waals surface area (Å²) >= 11 is 7.63. The van der Waals surface area contributed by atoms with Gasteiger partial charge >= 0.3 is 5.97 Å². The summed E-state index contributed by atoms with van der Waals surface area (Å²) in [5.74, 6) is 0.137. The summed E-state index contributed by atoms with van der Waals surface area (Å²) in [4.78, 5) is 17.4. The number of hydrogen-bond acceptors (Lipinski definition) is 4. The lowest BCUT2D eigenvalue weighted by Gasteiger charge is -2.12. The molecule has 6 heteroatoms. The summed E-state index contributed by atoms with van der Waals surface area (Å²) in [6.07, 6.45) is 0. The third-order valence-electron chi connectivity index (χ3n) is 3.78. The van der Waals surface area contributed by atoms with Crippen molar-refractivity contribution in [3.05, 3.63) is 52.7 Å². The van der Waals surface area contributed by atoms with Gasteiger partial charge in [0.2, 0.25) is 0 Å². The van der Waals surface area contributed by atoms with Gasteiger partial charge in [-0.05, 0) is 38.1 Å². The Morgan fingerprint density at radius 2 is 2.08 bits per heavy atom. The topological polar surface area (TPSA) is 51.3 Å². The van der Waals surface area contributed by atoms with Crippen LogP contribution in [0.25, 0.3) is 10.9 Å². The summed E-state index contributed by atoms with van der Waals surface area (Å²) < 4.78 is 10.6. The maximum Gasteiger partial charge on any atom is 0.341 e. The van der Waals surface area contributed by atoms with Crippen molar-refractivity contribution in [1.29, 1.82) is 0 Å². The summed E-state index contributed by atoms with van der Waals surface area (Å²) in [5, 5.41) is 1.77. The molecule has 1 N–H and O–H groups in total. The number of aryl methyl sites for hydroxylation is 1. The van der Waals surface area contributed by atoms with Crippen molar-refractivity contribution in [3.63, 3.8) is 0 Å². The Hall–Kier alpha value is -2.11. The zero-order valence-electron chi connectivity index (χ0n) is 14.2. The number of fused-ring (bicyclic) bond motifs is 1. The predicted molar refractivity (Wildman–Crippen MR) is 101 cm³/mol. The number of halogens is 1. The van der Waals surface area contributed by atoms with Gasteiger partial charge in [0.05, 0.1) is 18.6 Å². The second-order valence-corrected chi connectivity index (χ2v) is 6.92. The Morgan fingerprint density at radius 3 is 2.80 bits per heavy atom. The molecule has 0 radical (unpaired) electrons. The van der Waals surface area contributed by atoms with Crippen molar-refractivity contribution in [2.75, 3.05) is 13.7 Å². The van der Waals surface area contributed by atoms with Gasteiger partial charge in [0.1, 0.15) is 11.3 Å². The van der Waals surface area contributed by atoms with Crippen LogP contribution in [0, 0.1) is 6.92 Å². The molecule has 0 fully saturated rings. The van der Waals surface area contributed by atoms with Crippen LogP contribution in [0.15, 0.2) is 46.2 Å². The van der Waals surface area contributed by atoms with Gasteiger partial charge in [0.15, 0.2) is 0 Å². The fourth-order valence-corrected chi connectivity index (χ4v) is 4.01. The molecule has 0 spiro atoms. The number of ether oxygens (including phenoxy) is 2. The minimum Gasteiger partial charge on any atom is -0.495 e. The second-order valence-electron chi connectivity index (χ2n) is 5.43. The van der Waals surface area contributed by atoms with E-state index in [0.717, 1.165) is 26.4 Å². The Balaban J connectivity index is 2.05. The van der Waals surface area contributed by atoms with Crippen molar-refractivity contribution in [2.24, 2.45) is 0 Å². The zero-order chi connectivity index (χ0) is 18.0. The Kier molecular flexibility index (Phi) is 5.25. The van der Waals surface area contributed by atoms with Crippen LogP contribution < -0.4 is 4.74 Å². The monoisotopic (exact) mass is 375 g/mol. The number of aromatic nitrogens is 1. The van der Waals surface area contributed by atoms with Gasteiger partial charge in [-0.2, -0.15) is 0 Å². The molecule has 130 valence electrons. The highest BCUT2D eigenvalue weighted by Crippen LogP contribution is 2.42. The van der Waals surface area contributed by atoms with Crippen LogP contribution in [0.3, 0.4) is 0 Å². The minimum absolute atomic E-state index is 0.321. The normalized spacial score (nSPS) is 10.9. The van der Waals surface area contributed by atoms with E-state index >= 15 is 0 Å². The molecule has 0 saturated heterocycles.